The molecule has 0 N–H and O–H groups in total. The van der Waals surface area contributed by atoms with Gasteiger partial charge in [-0.1, -0.05) is 37.9 Å². The number of ketones is 1. The predicted octanol–water partition coefficient (Wildman–Crippen LogP) is 4.12. The van der Waals surface area contributed by atoms with Crippen LogP contribution < -0.4 is 0 Å². The lowest BCUT2D eigenvalue weighted by Crippen LogP contribution is -2.01. The van der Waals surface area contributed by atoms with Crippen LogP contribution in [0.1, 0.15) is 28.8 Å². The molecule has 0 heterocycles. The van der Waals surface area contributed by atoms with Gasteiger partial charge in [-0.3, -0.25) is 4.79 Å². The van der Waals surface area contributed by atoms with Gasteiger partial charge in [0.05, 0.1) is 0 Å². The van der Waals surface area contributed by atoms with Crippen molar-refractivity contribution in [2.75, 3.05) is 5.33 Å². The van der Waals surface area contributed by atoms with Crippen molar-refractivity contribution in [3.8, 4) is 0 Å². The third-order valence-electron chi connectivity index (χ3n) is 2.03. The van der Waals surface area contributed by atoms with Gasteiger partial charge >= 0.3 is 0 Å². The van der Waals surface area contributed by atoms with Crippen molar-refractivity contribution < 1.29 is 4.79 Å². The van der Waals surface area contributed by atoms with Crippen LogP contribution in [-0.4, -0.2) is 11.1 Å². The molecule has 0 amide bonds. The highest BCUT2D eigenvalue weighted by Crippen LogP contribution is 2.17. The highest BCUT2D eigenvalue weighted by atomic mass is 79.9. The fourth-order valence-corrected chi connectivity index (χ4v) is 2.06. The molecule has 1 nitrogen and oxygen atoms in total. The van der Waals surface area contributed by atoms with E-state index < -0.39 is 0 Å². The van der Waals surface area contributed by atoms with E-state index in [1.165, 1.54) is 0 Å². The molecule has 0 aromatic heterocycles. The molecule has 0 fully saturated rings. The van der Waals surface area contributed by atoms with Gasteiger partial charge in [-0.25, -0.2) is 0 Å². The fraction of sp³-hybridized carbons (Fsp3) is 0.364. The number of carbonyl (C=O) groups excluding carboxylic acids is 1. The lowest BCUT2D eigenvalue weighted by atomic mass is 10.0. The number of hydrogen-bond acceptors (Lipinski definition) is 1. The van der Waals surface area contributed by atoms with Gasteiger partial charge in [-0.2, -0.15) is 0 Å². The first-order chi connectivity index (χ1) is 6.65. The average molecular weight is 320 g/mol. The second-order valence-corrected chi connectivity index (χ2v) is 4.88. The Morgan fingerprint density at radius 2 is 2.14 bits per heavy atom. The van der Waals surface area contributed by atoms with Crippen molar-refractivity contribution in [1.29, 1.82) is 0 Å². The summed E-state index contributed by atoms with van der Waals surface area (Å²) >= 11 is 6.70. The fourth-order valence-electron chi connectivity index (χ4n) is 1.30. The Morgan fingerprint density at radius 3 is 2.71 bits per heavy atom. The Labute approximate surface area is 101 Å². The van der Waals surface area contributed by atoms with Gasteiger partial charge in [-0.15, -0.1) is 0 Å². The molecule has 0 saturated carbocycles. The van der Waals surface area contributed by atoms with E-state index in [9.17, 15) is 4.79 Å². The van der Waals surface area contributed by atoms with Crippen molar-refractivity contribution in [1.82, 2.24) is 0 Å². The second kappa shape index (κ2) is 5.66. The molecule has 0 saturated heterocycles. The Bertz CT molecular complexity index is 334. The van der Waals surface area contributed by atoms with E-state index in [1.807, 2.05) is 25.1 Å². The average Bonchev–Trinajstić information content (AvgIpc) is 2.14. The highest BCUT2D eigenvalue weighted by Gasteiger charge is 2.08. The minimum Gasteiger partial charge on any atom is -0.294 e. The molecule has 14 heavy (non-hydrogen) atoms. The van der Waals surface area contributed by atoms with E-state index in [-0.39, 0.29) is 5.78 Å². The summed E-state index contributed by atoms with van der Waals surface area (Å²) < 4.78 is 1.02. The zero-order chi connectivity index (χ0) is 10.6. The van der Waals surface area contributed by atoms with Crippen molar-refractivity contribution >= 4 is 37.6 Å². The third kappa shape index (κ3) is 3.21. The minimum absolute atomic E-state index is 0.231. The lowest BCUT2D eigenvalue weighted by molar-refractivity contribution is 0.0981. The van der Waals surface area contributed by atoms with E-state index in [1.54, 1.807) is 0 Å². The molecule has 1 aromatic rings. The molecular formula is C11H12Br2O. The third-order valence-corrected chi connectivity index (χ3v) is 3.08. The Kier molecular flexibility index (Phi) is 4.82. The molecule has 1 rings (SSSR count). The summed E-state index contributed by atoms with van der Waals surface area (Å²) in [5, 5.41) is 0.883. The quantitative estimate of drug-likeness (QED) is 0.603. The van der Waals surface area contributed by atoms with Gasteiger partial charge in [0.1, 0.15) is 0 Å². The largest absolute Gasteiger partial charge is 0.294 e. The SMILES string of the molecule is Cc1cc(Br)ccc1C(=O)CCCBr. The standard InChI is InChI=1S/C11H12Br2O/c1-8-7-9(13)4-5-10(8)11(14)3-2-6-12/h4-5,7H,2-3,6H2,1H3. The van der Waals surface area contributed by atoms with Gasteiger partial charge in [-0.05, 0) is 31.0 Å². The highest BCUT2D eigenvalue weighted by molar-refractivity contribution is 9.10. The molecule has 0 aliphatic heterocycles. The van der Waals surface area contributed by atoms with Crippen LogP contribution in [0.25, 0.3) is 0 Å². The van der Waals surface area contributed by atoms with Crippen LogP contribution in [0, 0.1) is 6.92 Å². The normalized spacial score (nSPS) is 10.2. The molecule has 0 aliphatic carbocycles. The van der Waals surface area contributed by atoms with Gasteiger partial charge in [0.2, 0.25) is 0 Å². The number of Topliss-reactive ketones (excluding diaryl/α,β-unsaturated/α-hetero) is 1. The summed E-state index contributed by atoms with van der Waals surface area (Å²) in [5.74, 6) is 0.231. The Morgan fingerprint density at radius 1 is 1.43 bits per heavy atom. The maximum Gasteiger partial charge on any atom is 0.163 e. The second-order valence-electron chi connectivity index (χ2n) is 3.17. The van der Waals surface area contributed by atoms with Crippen molar-refractivity contribution in [3.05, 3.63) is 33.8 Å². The first-order valence-corrected chi connectivity index (χ1v) is 6.42. The smallest absolute Gasteiger partial charge is 0.163 e. The number of carbonyl (C=O) groups is 1. The number of alkyl halides is 1. The maximum atomic E-state index is 11.7. The van der Waals surface area contributed by atoms with Crippen LogP contribution in [0.5, 0.6) is 0 Å². The topological polar surface area (TPSA) is 17.1 Å². The van der Waals surface area contributed by atoms with Crippen LogP contribution >= 0.6 is 31.9 Å². The molecule has 1 aromatic carbocycles. The van der Waals surface area contributed by atoms with Crippen LogP contribution in [0.15, 0.2) is 22.7 Å². The number of aryl methyl sites for hydroxylation is 1. The van der Waals surface area contributed by atoms with Gasteiger partial charge in [0, 0.05) is 21.8 Å². The number of rotatable bonds is 4. The molecule has 0 atom stereocenters. The molecule has 0 unspecified atom stereocenters. The summed E-state index contributed by atoms with van der Waals surface area (Å²) in [6.45, 7) is 1.96. The minimum atomic E-state index is 0.231. The first-order valence-electron chi connectivity index (χ1n) is 4.50. The summed E-state index contributed by atoms with van der Waals surface area (Å²) in [6.07, 6.45) is 1.52. The summed E-state index contributed by atoms with van der Waals surface area (Å²) in [6, 6.07) is 5.77. The zero-order valence-electron chi connectivity index (χ0n) is 8.02. The van der Waals surface area contributed by atoms with Gasteiger partial charge in [0.15, 0.2) is 5.78 Å². The summed E-state index contributed by atoms with van der Waals surface area (Å²) in [7, 11) is 0. The number of benzene rings is 1. The van der Waals surface area contributed by atoms with Gasteiger partial charge < -0.3 is 0 Å². The molecule has 76 valence electrons. The van der Waals surface area contributed by atoms with Crippen LogP contribution in [0.3, 0.4) is 0 Å². The van der Waals surface area contributed by atoms with Crippen molar-refractivity contribution in [3.63, 3.8) is 0 Å². The first kappa shape index (κ1) is 11.9. The van der Waals surface area contributed by atoms with E-state index in [2.05, 4.69) is 31.9 Å². The monoisotopic (exact) mass is 318 g/mol. The van der Waals surface area contributed by atoms with Crippen molar-refractivity contribution in [2.45, 2.75) is 19.8 Å². The Hall–Kier alpha value is -0.150. The van der Waals surface area contributed by atoms with E-state index in [0.29, 0.717) is 6.42 Å². The zero-order valence-corrected chi connectivity index (χ0v) is 11.2. The molecule has 0 bridgehead atoms. The van der Waals surface area contributed by atoms with E-state index in [0.717, 1.165) is 27.4 Å². The summed E-state index contributed by atoms with van der Waals surface area (Å²) in [5.41, 5.74) is 1.88. The van der Waals surface area contributed by atoms with Crippen LogP contribution in [0.2, 0.25) is 0 Å². The van der Waals surface area contributed by atoms with Gasteiger partial charge in [0.25, 0.3) is 0 Å². The number of halogens is 2. The maximum absolute atomic E-state index is 11.7. The molecule has 0 aliphatic rings. The van der Waals surface area contributed by atoms with Crippen molar-refractivity contribution in [2.24, 2.45) is 0 Å². The number of hydrogen-bond donors (Lipinski definition) is 0. The van der Waals surface area contributed by atoms with Crippen LogP contribution in [0.4, 0.5) is 0 Å². The Balaban J connectivity index is 2.80. The lowest BCUT2D eigenvalue weighted by Gasteiger charge is -2.04. The predicted molar refractivity (Wildman–Crippen MR) is 66.2 cm³/mol. The molecule has 3 heteroatoms. The van der Waals surface area contributed by atoms with E-state index in [4.69, 9.17) is 0 Å². The van der Waals surface area contributed by atoms with E-state index >= 15 is 0 Å². The molecule has 0 spiro atoms. The summed E-state index contributed by atoms with van der Waals surface area (Å²) in [4.78, 5) is 11.7. The van der Waals surface area contributed by atoms with Crippen LogP contribution in [-0.2, 0) is 0 Å². The molecule has 0 radical (unpaired) electrons. The molecular weight excluding hydrogens is 308 g/mol.